The average Bonchev–Trinajstić information content (AvgIpc) is 3.30. The Labute approximate surface area is 187 Å². The van der Waals surface area contributed by atoms with Crippen LogP contribution in [0.2, 0.25) is 0 Å². The number of hydrogen-bond acceptors (Lipinski definition) is 4. The number of fused-ring (bicyclic) bond motifs is 2. The fourth-order valence-electron chi connectivity index (χ4n) is 4.40. The molecule has 5 rings (SSSR count). The van der Waals surface area contributed by atoms with Gasteiger partial charge in [0, 0.05) is 11.1 Å². The van der Waals surface area contributed by atoms with Gasteiger partial charge in [-0.25, -0.2) is 9.97 Å². The van der Waals surface area contributed by atoms with Crippen molar-refractivity contribution in [3.63, 3.8) is 0 Å². The minimum atomic E-state index is 0.652. The van der Waals surface area contributed by atoms with E-state index in [1.54, 1.807) is 14.2 Å². The fraction of sp³-hybridized carbons (Fsp3) is 0.231. The maximum Gasteiger partial charge on any atom is 0.124 e. The van der Waals surface area contributed by atoms with Crippen molar-refractivity contribution in [2.75, 3.05) is 14.2 Å². The van der Waals surface area contributed by atoms with E-state index in [0.29, 0.717) is 13.1 Å². The third-order valence-electron chi connectivity index (χ3n) is 6.03. The van der Waals surface area contributed by atoms with Gasteiger partial charge in [0.05, 0.1) is 49.4 Å². The van der Waals surface area contributed by atoms with Crippen LogP contribution in [0.3, 0.4) is 0 Å². The molecule has 0 amide bonds. The molecule has 0 atom stereocenters. The number of methoxy groups -OCH3 is 2. The van der Waals surface area contributed by atoms with Crippen molar-refractivity contribution < 1.29 is 9.47 Å². The maximum atomic E-state index is 5.81. The summed E-state index contributed by atoms with van der Waals surface area (Å²) in [6, 6.07) is 20.5. The molecule has 6 heteroatoms. The molecule has 3 aromatic carbocycles. The van der Waals surface area contributed by atoms with Gasteiger partial charge in [0.25, 0.3) is 0 Å². The summed E-state index contributed by atoms with van der Waals surface area (Å²) in [4.78, 5) is 9.39. The molecule has 6 nitrogen and oxygen atoms in total. The molecule has 0 aliphatic heterocycles. The lowest BCUT2D eigenvalue weighted by molar-refractivity contribution is 0.393. The highest BCUT2D eigenvalue weighted by molar-refractivity contribution is 5.77. The van der Waals surface area contributed by atoms with E-state index >= 15 is 0 Å². The monoisotopic (exact) mass is 426 g/mol. The molecule has 0 spiro atoms. The Balaban J connectivity index is 1.56. The van der Waals surface area contributed by atoms with Crippen molar-refractivity contribution in [2.24, 2.45) is 0 Å². The zero-order valence-corrected chi connectivity index (χ0v) is 18.8. The summed E-state index contributed by atoms with van der Waals surface area (Å²) >= 11 is 0. The van der Waals surface area contributed by atoms with E-state index in [2.05, 4.69) is 33.4 Å². The number of ether oxygens (including phenoxy) is 2. The van der Waals surface area contributed by atoms with Crippen molar-refractivity contribution in [3.05, 3.63) is 83.4 Å². The van der Waals surface area contributed by atoms with Crippen LogP contribution < -0.4 is 9.47 Å². The van der Waals surface area contributed by atoms with Crippen LogP contribution >= 0.6 is 0 Å². The average molecular weight is 427 g/mol. The molecular formula is C26H26N4O2. The normalized spacial score (nSPS) is 11.4. The lowest BCUT2D eigenvalue weighted by Crippen LogP contribution is -2.08. The van der Waals surface area contributed by atoms with E-state index in [0.717, 1.165) is 56.3 Å². The molecule has 0 saturated heterocycles. The molecule has 0 bridgehead atoms. The van der Waals surface area contributed by atoms with Crippen LogP contribution in [0.5, 0.6) is 11.5 Å². The van der Waals surface area contributed by atoms with Gasteiger partial charge in [-0.3, -0.25) is 0 Å². The molecule has 0 radical (unpaired) electrons. The summed E-state index contributed by atoms with van der Waals surface area (Å²) < 4.78 is 16.0. The number of aryl methyl sites for hydroxylation is 2. The lowest BCUT2D eigenvalue weighted by atomic mass is 10.1. The number of aromatic nitrogens is 4. The zero-order valence-electron chi connectivity index (χ0n) is 18.8. The molecule has 32 heavy (non-hydrogen) atoms. The lowest BCUT2D eigenvalue weighted by Gasteiger charge is -2.17. The first kappa shape index (κ1) is 20.1. The molecule has 0 N–H and O–H groups in total. The van der Waals surface area contributed by atoms with Crippen LogP contribution in [-0.2, 0) is 13.1 Å². The molecule has 0 unspecified atom stereocenters. The Bertz CT molecular complexity index is 1320. The van der Waals surface area contributed by atoms with Gasteiger partial charge in [0.1, 0.15) is 23.1 Å². The van der Waals surface area contributed by atoms with Crippen molar-refractivity contribution >= 4 is 22.1 Å². The van der Waals surface area contributed by atoms with Crippen molar-refractivity contribution in [1.29, 1.82) is 0 Å². The number of imidazole rings is 2. The van der Waals surface area contributed by atoms with Crippen LogP contribution in [-0.4, -0.2) is 33.3 Å². The predicted molar refractivity (Wildman–Crippen MR) is 127 cm³/mol. The molecule has 2 aromatic heterocycles. The Kier molecular flexibility index (Phi) is 5.05. The SMILES string of the molecule is COc1cc(Cn2c(C)nc3ccccc32)c(OC)cc1Cn1c(C)nc2ccccc21. The predicted octanol–water partition coefficient (Wildman–Crippen LogP) is 5.12. The first-order valence-electron chi connectivity index (χ1n) is 10.7. The highest BCUT2D eigenvalue weighted by atomic mass is 16.5. The smallest absolute Gasteiger partial charge is 0.124 e. The van der Waals surface area contributed by atoms with Crippen molar-refractivity contribution in [2.45, 2.75) is 26.9 Å². The Morgan fingerprint density at radius 1 is 0.656 bits per heavy atom. The van der Waals surface area contributed by atoms with Gasteiger partial charge < -0.3 is 18.6 Å². The molecule has 162 valence electrons. The van der Waals surface area contributed by atoms with Gasteiger partial charge in [-0.05, 0) is 50.2 Å². The summed E-state index contributed by atoms with van der Waals surface area (Å²) in [6.07, 6.45) is 0. The van der Waals surface area contributed by atoms with Crippen molar-refractivity contribution in [3.8, 4) is 11.5 Å². The highest BCUT2D eigenvalue weighted by Gasteiger charge is 2.16. The van der Waals surface area contributed by atoms with E-state index in [4.69, 9.17) is 19.4 Å². The van der Waals surface area contributed by atoms with Gasteiger partial charge in [-0.2, -0.15) is 0 Å². The van der Waals surface area contributed by atoms with Crippen LogP contribution in [0.25, 0.3) is 22.1 Å². The number of hydrogen-bond donors (Lipinski definition) is 0. The number of rotatable bonds is 6. The van der Waals surface area contributed by atoms with E-state index in [-0.39, 0.29) is 0 Å². The molecule has 0 aliphatic rings. The van der Waals surface area contributed by atoms with E-state index in [1.807, 2.05) is 50.2 Å². The zero-order chi connectivity index (χ0) is 22.2. The highest BCUT2D eigenvalue weighted by Crippen LogP contribution is 2.32. The number of para-hydroxylation sites is 4. The minimum absolute atomic E-state index is 0.652. The summed E-state index contributed by atoms with van der Waals surface area (Å²) in [5, 5.41) is 0. The molecular weight excluding hydrogens is 400 g/mol. The first-order valence-corrected chi connectivity index (χ1v) is 10.7. The third kappa shape index (κ3) is 3.38. The topological polar surface area (TPSA) is 54.1 Å². The van der Waals surface area contributed by atoms with E-state index in [1.165, 1.54) is 0 Å². The summed E-state index contributed by atoms with van der Waals surface area (Å²) in [5.41, 5.74) is 6.30. The summed E-state index contributed by atoms with van der Waals surface area (Å²) in [7, 11) is 3.43. The second kappa shape index (κ2) is 8.04. The molecule has 0 fully saturated rings. The molecule has 2 heterocycles. The van der Waals surface area contributed by atoms with Gasteiger partial charge in [-0.15, -0.1) is 0 Å². The number of benzene rings is 3. The maximum absolute atomic E-state index is 5.81. The Morgan fingerprint density at radius 2 is 1.06 bits per heavy atom. The van der Waals surface area contributed by atoms with Crippen LogP contribution in [0.15, 0.2) is 60.7 Å². The largest absolute Gasteiger partial charge is 0.496 e. The molecule has 5 aromatic rings. The summed E-state index contributed by atoms with van der Waals surface area (Å²) in [6.45, 7) is 5.37. The van der Waals surface area contributed by atoms with Crippen LogP contribution in [0, 0.1) is 13.8 Å². The minimum Gasteiger partial charge on any atom is -0.496 e. The van der Waals surface area contributed by atoms with Gasteiger partial charge in [0.15, 0.2) is 0 Å². The molecule has 0 aliphatic carbocycles. The number of nitrogens with zero attached hydrogens (tertiary/aromatic N) is 4. The van der Waals surface area contributed by atoms with Crippen LogP contribution in [0.4, 0.5) is 0 Å². The van der Waals surface area contributed by atoms with Gasteiger partial charge in [-0.1, -0.05) is 24.3 Å². The second-order valence-electron chi connectivity index (χ2n) is 7.94. The van der Waals surface area contributed by atoms with Gasteiger partial charge in [0.2, 0.25) is 0 Å². The quantitative estimate of drug-likeness (QED) is 0.378. The molecule has 0 saturated carbocycles. The van der Waals surface area contributed by atoms with E-state index < -0.39 is 0 Å². The second-order valence-corrected chi connectivity index (χ2v) is 7.94. The van der Waals surface area contributed by atoms with Gasteiger partial charge >= 0.3 is 0 Å². The van der Waals surface area contributed by atoms with Crippen molar-refractivity contribution in [1.82, 2.24) is 19.1 Å². The van der Waals surface area contributed by atoms with E-state index in [9.17, 15) is 0 Å². The first-order chi connectivity index (χ1) is 15.6. The Morgan fingerprint density at radius 3 is 1.47 bits per heavy atom. The van der Waals surface area contributed by atoms with Crippen LogP contribution in [0.1, 0.15) is 22.8 Å². The Hall–Kier alpha value is -3.80. The standard InChI is InChI=1S/C26H26N4O2/c1-17-27-21-9-5-7-11-23(21)29(17)15-19-13-26(32-4)20(14-25(19)31-3)16-30-18(2)28-22-10-6-8-12-24(22)30/h5-14H,15-16H2,1-4H3. The third-order valence-corrected chi connectivity index (χ3v) is 6.03. The fourth-order valence-corrected chi connectivity index (χ4v) is 4.40. The summed E-state index contributed by atoms with van der Waals surface area (Å²) in [5.74, 6) is 3.61.